The number of hydrogen-bond donors (Lipinski definition) is 1. The van der Waals surface area contributed by atoms with Crippen molar-refractivity contribution in [2.75, 3.05) is 0 Å². The first kappa shape index (κ1) is 12.6. The number of furan rings is 1. The highest BCUT2D eigenvalue weighted by Gasteiger charge is 2.17. The summed E-state index contributed by atoms with van der Waals surface area (Å²) in [6, 6.07) is 17.0. The van der Waals surface area contributed by atoms with E-state index in [4.69, 9.17) is 4.42 Å². The van der Waals surface area contributed by atoms with Crippen molar-refractivity contribution in [3.63, 3.8) is 0 Å². The molecular formula is C18H12N2O2. The van der Waals surface area contributed by atoms with Crippen LogP contribution < -0.4 is 5.56 Å². The summed E-state index contributed by atoms with van der Waals surface area (Å²) in [6.07, 6.45) is 3.41. The van der Waals surface area contributed by atoms with E-state index >= 15 is 0 Å². The Labute approximate surface area is 126 Å². The van der Waals surface area contributed by atoms with E-state index in [1.807, 2.05) is 42.5 Å². The van der Waals surface area contributed by atoms with E-state index in [0.717, 1.165) is 27.8 Å². The molecule has 3 heterocycles. The van der Waals surface area contributed by atoms with Crippen LogP contribution in [0, 0.1) is 0 Å². The van der Waals surface area contributed by atoms with Crippen molar-refractivity contribution in [2.45, 2.75) is 0 Å². The van der Waals surface area contributed by atoms with Crippen LogP contribution in [0.4, 0.5) is 0 Å². The predicted octanol–water partition coefficient (Wildman–Crippen LogP) is 3.85. The Kier molecular flexibility index (Phi) is 2.86. The number of aromatic amines is 1. The summed E-state index contributed by atoms with van der Waals surface area (Å²) in [7, 11) is 0. The van der Waals surface area contributed by atoms with Crippen LogP contribution in [0.15, 0.2) is 76.2 Å². The number of hydrogen-bond acceptors (Lipinski definition) is 3. The van der Waals surface area contributed by atoms with Crippen LogP contribution in [-0.2, 0) is 0 Å². The molecule has 106 valence electrons. The normalized spacial score (nSPS) is 10.9. The SMILES string of the molecule is O=c1ccc(-c2c(-c3ccccc3)oc3ncccc23)c[nH]1. The average Bonchev–Trinajstić information content (AvgIpc) is 2.96. The molecule has 0 spiro atoms. The van der Waals surface area contributed by atoms with E-state index in [1.54, 1.807) is 18.5 Å². The van der Waals surface area contributed by atoms with Gasteiger partial charge in [-0.1, -0.05) is 30.3 Å². The number of aromatic nitrogens is 2. The monoisotopic (exact) mass is 288 g/mol. The molecule has 0 amide bonds. The molecule has 0 saturated heterocycles. The largest absolute Gasteiger partial charge is 0.437 e. The average molecular weight is 288 g/mol. The standard InChI is InChI=1S/C18H12N2O2/c21-15-9-8-13(11-20-15)16-14-7-4-10-19-18(14)22-17(16)12-5-2-1-3-6-12/h1-11H,(H,20,21). The van der Waals surface area contributed by atoms with Crippen LogP contribution in [0.1, 0.15) is 0 Å². The van der Waals surface area contributed by atoms with Crippen LogP contribution in [0.2, 0.25) is 0 Å². The van der Waals surface area contributed by atoms with Gasteiger partial charge in [0.1, 0.15) is 5.76 Å². The molecule has 1 N–H and O–H groups in total. The molecule has 0 unspecified atom stereocenters. The van der Waals surface area contributed by atoms with Crippen LogP contribution in [-0.4, -0.2) is 9.97 Å². The Morgan fingerprint density at radius 3 is 2.55 bits per heavy atom. The number of rotatable bonds is 2. The fourth-order valence-electron chi connectivity index (χ4n) is 2.58. The lowest BCUT2D eigenvalue weighted by atomic mass is 10.0. The molecule has 0 bridgehead atoms. The maximum atomic E-state index is 11.3. The van der Waals surface area contributed by atoms with Gasteiger partial charge in [0.2, 0.25) is 11.3 Å². The van der Waals surface area contributed by atoms with Crippen LogP contribution >= 0.6 is 0 Å². The molecule has 4 aromatic rings. The summed E-state index contributed by atoms with van der Waals surface area (Å²) in [4.78, 5) is 18.3. The number of fused-ring (bicyclic) bond motifs is 1. The smallest absolute Gasteiger partial charge is 0.247 e. The van der Waals surface area contributed by atoms with Crippen molar-refractivity contribution in [3.05, 3.63) is 77.3 Å². The Morgan fingerprint density at radius 2 is 1.77 bits per heavy atom. The van der Waals surface area contributed by atoms with E-state index in [2.05, 4.69) is 9.97 Å². The molecule has 4 heteroatoms. The predicted molar refractivity (Wildman–Crippen MR) is 85.5 cm³/mol. The summed E-state index contributed by atoms with van der Waals surface area (Å²) >= 11 is 0. The van der Waals surface area contributed by atoms with Gasteiger partial charge < -0.3 is 9.40 Å². The van der Waals surface area contributed by atoms with E-state index in [1.165, 1.54) is 6.07 Å². The van der Waals surface area contributed by atoms with Crippen molar-refractivity contribution in [1.82, 2.24) is 9.97 Å². The molecule has 4 rings (SSSR count). The maximum absolute atomic E-state index is 11.3. The number of H-pyrrole nitrogens is 1. The van der Waals surface area contributed by atoms with Gasteiger partial charge in [-0.2, -0.15) is 0 Å². The van der Waals surface area contributed by atoms with Gasteiger partial charge in [0, 0.05) is 40.5 Å². The van der Waals surface area contributed by atoms with Gasteiger partial charge >= 0.3 is 0 Å². The molecule has 0 atom stereocenters. The molecule has 0 saturated carbocycles. The minimum absolute atomic E-state index is 0.129. The summed E-state index contributed by atoms with van der Waals surface area (Å²) < 4.78 is 5.97. The number of nitrogens with one attached hydrogen (secondary N) is 1. The van der Waals surface area contributed by atoms with Crippen LogP contribution in [0.5, 0.6) is 0 Å². The van der Waals surface area contributed by atoms with Crippen molar-refractivity contribution in [2.24, 2.45) is 0 Å². The van der Waals surface area contributed by atoms with E-state index < -0.39 is 0 Å². The molecule has 0 aliphatic carbocycles. The van der Waals surface area contributed by atoms with Gasteiger partial charge in [0.25, 0.3) is 0 Å². The lowest BCUT2D eigenvalue weighted by Gasteiger charge is -2.03. The van der Waals surface area contributed by atoms with Gasteiger partial charge in [0.15, 0.2) is 0 Å². The molecule has 0 radical (unpaired) electrons. The molecule has 0 fully saturated rings. The number of benzene rings is 1. The van der Waals surface area contributed by atoms with Crippen molar-refractivity contribution in [1.29, 1.82) is 0 Å². The Morgan fingerprint density at radius 1 is 0.909 bits per heavy atom. The molecule has 22 heavy (non-hydrogen) atoms. The molecular weight excluding hydrogens is 276 g/mol. The molecule has 0 aliphatic heterocycles. The van der Waals surface area contributed by atoms with Gasteiger partial charge in [0.05, 0.1) is 0 Å². The Balaban J connectivity index is 2.06. The minimum Gasteiger partial charge on any atom is -0.437 e. The lowest BCUT2D eigenvalue weighted by molar-refractivity contribution is 0.619. The van der Waals surface area contributed by atoms with E-state index in [9.17, 15) is 4.79 Å². The zero-order valence-corrected chi connectivity index (χ0v) is 11.6. The van der Waals surface area contributed by atoms with Gasteiger partial charge in [-0.05, 0) is 18.2 Å². The zero-order valence-electron chi connectivity index (χ0n) is 11.6. The van der Waals surface area contributed by atoms with Crippen molar-refractivity contribution in [3.8, 4) is 22.5 Å². The second-order valence-corrected chi connectivity index (χ2v) is 4.97. The molecule has 0 aliphatic rings. The second-order valence-electron chi connectivity index (χ2n) is 4.97. The molecule has 4 nitrogen and oxygen atoms in total. The van der Waals surface area contributed by atoms with Crippen LogP contribution in [0.3, 0.4) is 0 Å². The summed E-state index contributed by atoms with van der Waals surface area (Å²) in [6.45, 7) is 0. The Hall–Kier alpha value is -3.14. The first-order valence-corrected chi connectivity index (χ1v) is 6.95. The topological polar surface area (TPSA) is 58.9 Å². The van der Waals surface area contributed by atoms with E-state index in [0.29, 0.717) is 5.71 Å². The third kappa shape index (κ3) is 2.02. The highest BCUT2D eigenvalue weighted by atomic mass is 16.3. The van der Waals surface area contributed by atoms with Gasteiger partial charge in [-0.3, -0.25) is 4.79 Å². The van der Waals surface area contributed by atoms with Gasteiger partial charge in [-0.25, -0.2) is 4.98 Å². The summed E-state index contributed by atoms with van der Waals surface area (Å²) in [5.41, 5.74) is 3.26. The van der Waals surface area contributed by atoms with Crippen molar-refractivity contribution < 1.29 is 4.42 Å². The summed E-state index contributed by atoms with van der Waals surface area (Å²) in [5.74, 6) is 0.751. The van der Waals surface area contributed by atoms with Crippen LogP contribution in [0.25, 0.3) is 33.6 Å². The fourth-order valence-corrected chi connectivity index (χ4v) is 2.58. The molecule has 1 aromatic carbocycles. The van der Waals surface area contributed by atoms with Gasteiger partial charge in [-0.15, -0.1) is 0 Å². The highest BCUT2D eigenvalue weighted by molar-refractivity contribution is 6.00. The first-order valence-electron chi connectivity index (χ1n) is 6.95. The van der Waals surface area contributed by atoms with E-state index in [-0.39, 0.29) is 5.56 Å². The summed E-state index contributed by atoms with van der Waals surface area (Å²) in [5, 5.41) is 0.924. The zero-order chi connectivity index (χ0) is 14.9. The lowest BCUT2D eigenvalue weighted by Crippen LogP contribution is -2.01. The fraction of sp³-hybridized carbons (Fsp3) is 0. The first-order chi connectivity index (χ1) is 10.8. The number of pyridine rings is 2. The molecule has 3 aromatic heterocycles. The number of nitrogens with zero attached hydrogens (tertiary/aromatic N) is 1. The Bertz CT molecular complexity index is 980. The third-order valence-electron chi connectivity index (χ3n) is 3.58. The third-order valence-corrected chi connectivity index (χ3v) is 3.58. The quantitative estimate of drug-likeness (QED) is 0.609. The van der Waals surface area contributed by atoms with Crippen molar-refractivity contribution >= 4 is 11.1 Å². The minimum atomic E-state index is -0.129. The highest BCUT2D eigenvalue weighted by Crippen LogP contribution is 2.39. The second kappa shape index (κ2) is 5.00. The maximum Gasteiger partial charge on any atom is 0.247 e.